The zero-order valence-electron chi connectivity index (χ0n) is 15.0. The van der Waals surface area contributed by atoms with Crippen LogP contribution in [0, 0.1) is 0 Å². The number of hydrogen-bond donors (Lipinski definition) is 0. The molecule has 0 unspecified atom stereocenters. The Kier molecular flexibility index (Phi) is 7.70. The van der Waals surface area contributed by atoms with Gasteiger partial charge in [0.1, 0.15) is 13.5 Å². The minimum absolute atomic E-state index is 0.504. The quantitative estimate of drug-likeness (QED) is 0.598. The average molecular weight is 324 g/mol. The largest absolute Gasteiger partial charge is 0.363 e. The Morgan fingerprint density at radius 3 is 1.35 bits per heavy atom. The van der Waals surface area contributed by atoms with E-state index in [1.807, 2.05) is 0 Å². The third-order valence-electron chi connectivity index (χ3n) is 6.15. The first-order valence-corrected chi connectivity index (χ1v) is 10.4. The molecule has 0 heterocycles. The Morgan fingerprint density at radius 2 is 0.913 bits per heavy atom. The molecule has 0 aromatic rings. The summed E-state index contributed by atoms with van der Waals surface area (Å²) in [5.41, 5.74) is 0. The minimum atomic E-state index is 0.504. The van der Waals surface area contributed by atoms with Gasteiger partial charge in [-0.15, -0.1) is 0 Å². The number of hydrogen-bond acceptors (Lipinski definition) is 3. The second-order valence-electron chi connectivity index (χ2n) is 7.99. The van der Waals surface area contributed by atoms with Crippen LogP contribution in [0.4, 0.5) is 0 Å². The highest BCUT2D eigenvalue weighted by molar-refractivity contribution is 4.74. The van der Waals surface area contributed by atoms with Crippen molar-refractivity contribution in [1.82, 2.24) is 4.90 Å². The Bertz CT molecular complexity index is 283. The molecule has 3 aliphatic carbocycles. The van der Waals surface area contributed by atoms with Crippen molar-refractivity contribution in [2.24, 2.45) is 0 Å². The SMILES string of the molecule is C1CCC(OCN(COC2CCCCC2)C2CCCCC2)CC1. The normalized spacial score (nSPS) is 26.0. The summed E-state index contributed by atoms with van der Waals surface area (Å²) in [6, 6.07) is 0.691. The van der Waals surface area contributed by atoms with Crippen LogP contribution in [-0.4, -0.2) is 36.6 Å². The molecule has 0 atom stereocenters. The van der Waals surface area contributed by atoms with E-state index >= 15 is 0 Å². The summed E-state index contributed by atoms with van der Waals surface area (Å²) >= 11 is 0. The fourth-order valence-electron chi connectivity index (χ4n) is 4.56. The summed E-state index contributed by atoms with van der Waals surface area (Å²) in [6.07, 6.45) is 21.1. The molecule has 0 spiro atoms. The van der Waals surface area contributed by atoms with Crippen LogP contribution < -0.4 is 0 Å². The number of nitrogens with zero attached hydrogens (tertiary/aromatic N) is 1. The van der Waals surface area contributed by atoms with E-state index in [4.69, 9.17) is 9.47 Å². The molecule has 3 aliphatic rings. The lowest BCUT2D eigenvalue weighted by Gasteiger charge is -2.36. The number of rotatable bonds is 7. The van der Waals surface area contributed by atoms with E-state index < -0.39 is 0 Å². The zero-order chi connectivity index (χ0) is 15.7. The van der Waals surface area contributed by atoms with Crippen LogP contribution in [0.3, 0.4) is 0 Å². The molecule has 0 N–H and O–H groups in total. The van der Waals surface area contributed by atoms with Gasteiger partial charge in [-0.3, -0.25) is 4.90 Å². The minimum Gasteiger partial charge on any atom is -0.363 e. The summed E-state index contributed by atoms with van der Waals surface area (Å²) in [5.74, 6) is 0. The molecule has 3 nitrogen and oxygen atoms in total. The van der Waals surface area contributed by atoms with Crippen molar-refractivity contribution in [2.45, 2.75) is 115 Å². The van der Waals surface area contributed by atoms with E-state index in [0.717, 1.165) is 13.5 Å². The van der Waals surface area contributed by atoms with Crippen LogP contribution in [0.15, 0.2) is 0 Å². The number of ether oxygens (including phenoxy) is 2. The third-order valence-corrected chi connectivity index (χ3v) is 6.15. The van der Waals surface area contributed by atoms with Crippen molar-refractivity contribution in [3.63, 3.8) is 0 Å². The standard InChI is InChI=1S/C20H37NO2/c1-4-10-18(11-5-1)21(16-22-19-12-6-2-7-13-19)17-23-20-14-8-3-9-15-20/h18-20H,1-17H2. The maximum absolute atomic E-state index is 6.28. The van der Waals surface area contributed by atoms with Crippen LogP contribution in [0.1, 0.15) is 96.3 Å². The van der Waals surface area contributed by atoms with Crippen molar-refractivity contribution >= 4 is 0 Å². The smallest absolute Gasteiger partial charge is 0.101 e. The van der Waals surface area contributed by atoms with Crippen molar-refractivity contribution in [3.8, 4) is 0 Å². The zero-order valence-corrected chi connectivity index (χ0v) is 15.0. The monoisotopic (exact) mass is 323 g/mol. The highest BCUT2D eigenvalue weighted by atomic mass is 16.5. The Labute approximate surface area is 143 Å². The first-order valence-electron chi connectivity index (χ1n) is 10.4. The van der Waals surface area contributed by atoms with Gasteiger partial charge in [0.2, 0.25) is 0 Å². The van der Waals surface area contributed by atoms with E-state index in [1.54, 1.807) is 0 Å². The van der Waals surface area contributed by atoms with Gasteiger partial charge in [-0.2, -0.15) is 0 Å². The lowest BCUT2D eigenvalue weighted by molar-refractivity contribution is -0.119. The summed E-state index contributed by atoms with van der Waals surface area (Å²) in [6.45, 7) is 1.59. The lowest BCUT2D eigenvalue weighted by Crippen LogP contribution is -2.42. The summed E-state index contributed by atoms with van der Waals surface area (Å²) in [7, 11) is 0. The van der Waals surface area contributed by atoms with Crippen LogP contribution >= 0.6 is 0 Å². The van der Waals surface area contributed by atoms with Gasteiger partial charge in [-0.05, 0) is 38.5 Å². The highest BCUT2D eigenvalue weighted by Crippen LogP contribution is 2.26. The molecule has 0 aromatic carbocycles. The van der Waals surface area contributed by atoms with Gasteiger partial charge in [-0.1, -0.05) is 57.8 Å². The van der Waals surface area contributed by atoms with Crippen molar-refractivity contribution in [2.75, 3.05) is 13.5 Å². The molecule has 0 aromatic heterocycles. The average Bonchev–Trinajstić information content (AvgIpc) is 2.64. The molecule has 3 saturated carbocycles. The third kappa shape index (κ3) is 6.03. The van der Waals surface area contributed by atoms with Crippen LogP contribution in [-0.2, 0) is 9.47 Å². The van der Waals surface area contributed by atoms with Gasteiger partial charge < -0.3 is 9.47 Å². The van der Waals surface area contributed by atoms with Crippen molar-refractivity contribution in [1.29, 1.82) is 0 Å². The molecule has 3 rings (SSSR count). The summed E-state index contributed by atoms with van der Waals surface area (Å²) in [4.78, 5) is 2.52. The van der Waals surface area contributed by atoms with Crippen molar-refractivity contribution < 1.29 is 9.47 Å². The van der Waals surface area contributed by atoms with Crippen molar-refractivity contribution in [3.05, 3.63) is 0 Å². The molecular weight excluding hydrogens is 286 g/mol. The van der Waals surface area contributed by atoms with Crippen LogP contribution in [0.5, 0.6) is 0 Å². The first kappa shape index (κ1) is 17.7. The molecule has 3 heteroatoms. The van der Waals surface area contributed by atoms with Gasteiger partial charge in [0, 0.05) is 6.04 Å². The Hall–Kier alpha value is -0.120. The maximum atomic E-state index is 6.28. The molecule has 0 amide bonds. The predicted octanol–water partition coefficient (Wildman–Crippen LogP) is 5.23. The summed E-state index contributed by atoms with van der Waals surface area (Å²) in [5, 5.41) is 0. The van der Waals surface area contributed by atoms with Crippen LogP contribution in [0.25, 0.3) is 0 Å². The van der Waals surface area contributed by atoms with Crippen LogP contribution in [0.2, 0.25) is 0 Å². The Morgan fingerprint density at radius 1 is 0.522 bits per heavy atom. The van der Waals surface area contributed by atoms with E-state index in [1.165, 1.54) is 96.3 Å². The topological polar surface area (TPSA) is 21.7 Å². The molecular formula is C20H37NO2. The molecule has 23 heavy (non-hydrogen) atoms. The highest BCUT2D eigenvalue weighted by Gasteiger charge is 2.24. The molecule has 0 radical (unpaired) electrons. The van der Waals surface area contributed by atoms with E-state index in [0.29, 0.717) is 18.2 Å². The molecule has 3 fully saturated rings. The predicted molar refractivity (Wildman–Crippen MR) is 94.4 cm³/mol. The second-order valence-corrected chi connectivity index (χ2v) is 7.99. The Balaban J connectivity index is 1.45. The van der Waals surface area contributed by atoms with Gasteiger partial charge in [0.15, 0.2) is 0 Å². The first-order chi connectivity index (χ1) is 11.4. The summed E-state index contributed by atoms with van der Waals surface area (Å²) < 4.78 is 12.6. The molecule has 134 valence electrons. The van der Waals surface area contributed by atoms with Gasteiger partial charge in [0.05, 0.1) is 12.2 Å². The van der Waals surface area contributed by atoms with Gasteiger partial charge in [-0.25, -0.2) is 0 Å². The van der Waals surface area contributed by atoms with Gasteiger partial charge >= 0.3 is 0 Å². The van der Waals surface area contributed by atoms with E-state index in [-0.39, 0.29) is 0 Å². The van der Waals surface area contributed by atoms with Gasteiger partial charge in [0.25, 0.3) is 0 Å². The second kappa shape index (κ2) is 10.0. The molecule has 0 aliphatic heterocycles. The molecule has 0 saturated heterocycles. The molecule has 0 bridgehead atoms. The van der Waals surface area contributed by atoms with E-state index in [9.17, 15) is 0 Å². The van der Waals surface area contributed by atoms with E-state index in [2.05, 4.69) is 4.90 Å². The fourth-order valence-corrected chi connectivity index (χ4v) is 4.56. The maximum Gasteiger partial charge on any atom is 0.101 e. The fraction of sp³-hybridized carbons (Fsp3) is 1.00. The lowest BCUT2D eigenvalue weighted by atomic mass is 9.94.